The number of amides is 3. The molecule has 1 N–H and O–H groups in total. The third-order valence-electron chi connectivity index (χ3n) is 3.69. The smallest absolute Gasteiger partial charge is 0.270 e. The van der Waals surface area contributed by atoms with Gasteiger partial charge in [0.15, 0.2) is 0 Å². The zero-order valence-corrected chi connectivity index (χ0v) is 12.9. The van der Waals surface area contributed by atoms with Crippen molar-refractivity contribution in [1.29, 1.82) is 0 Å². The number of rotatable bonds is 4. The number of nitrogens with zero attached hydrogens (tertiary/aromatic N) is 2. The number of non-ortho nitro benzene ring substituents is 1. The molecule has 3 amide bonds. The van der Waals surface area contributed by atoms with Gasteiger partial charge in [0.1, 0.15) is 23.9 Å². The molecular weight excluding hydrogens is 352 g/mol. The van der Waals surface area contributed by atoms with Crippen LogP contribution in [0.5, 0.6) is 0 Å². The molecule has 1 heterocycles. The molecule has 0 spiro atoms. The van der Waals surface area contributed by atoms with Crippen molar-refractivity contribution in [2.45, 2.75) is 0 Å². The highest BCUT2D eigenvalue weighted by atomic mass is 19.1. The van der Waals surface area contributed by atoms with Crippen LogP contribution in [0.3, 0.4) is 0 Å². The Hall–Kier alpha value is -3.69. The lowest BCUT2D eigenvalue weighted by molar-refractivity contribution is -0.384. The summed E-state index contributed by atoms with van der Waals surface area (Å²) < 4.78 is 27.1. The van der Waals surface area contributed by atoms with Crippen LogP contribution >= 0.6 is 0 Å². The normalized spacial score (nSPS) is 12.9. The number of benzene rings is 2. The third-order valence-corrected chi connectivity index (χ3v) is 3.69. The van der Waals surface area contributed by atoms with Gasteiger partial charge in [-0.2, -0.15) is 0 Å². The number of imide groups is 1. The Labute approximate surface area is 144 Å². The summed E-state index contributed by atoms with van der Waals surface area (Å²) in [6, 6.07) is 6.07. The highest BCUT2D eigenvalue weighted by Gasteiger charge is 2.38. The van der Waals surface area contributed by atoms with E-state index in [4.69, 9.17) is 0 Å². The number of nitro groups is 1. The topological polar surface area (TPSA) is 110 Å². The summed E-state index contributed by atoms with van der Waals surface area (Å²) >= 11 is 0. The molecule has 0 aromatic heterocycles. The summed E-state index contributed by atoms with van der Waals surface area (Å²) in [5.41, 5.74) is -1.39. The number of para-hydroxylation sites is 1. The fraction of sp³-hybridized carbons (Fsp3) is 0.0625. The van der Waals surface area contributed by atoms with Crippen LogP contribution in [0.15, 0.2) is 36.4 Å². The maximum absolute atomic E-state index is 13.5. The molecule has 2 aromatic carbocycles. The Morgan fingerprint density at radius 2 is 1.69 bits per heavy atom. The number of hydrogen-bond donors (Lipinski definition) is 1. The van der Waals surface area contributed by atoms with Gasteiger partial charge >= 0.3 is 0 Å². The van der Waals surface area contributed by atoms with Gasteiger partial charge in [-0.1, -0.05) is 6.07 Å². The summed E-state index contributed by atoms with van der Waals surface area (Å²) in [4.78, 5) is 47.1. The van der Waals surface area contributed by atoms with Gasteiger partial charge in [0, 0.05) is 12.1 Å². The van der Waals surface area contributed by atoms with E-state index < -0.39 is 46.5 Å². The molecule has 0 saturated carbocycles. The summed E-state index contributed by atoms with van der Waals surface area (Å²) in [6.45, 7) is -0.798. The van der Waals surface area contributed by atoms with Crippen molar-refractivity contribution in [3.8, 4) is 0 Å². The van der Waals surface area contributed by atoms with E-state index in [1.165, 1.54) is 0 Å². The zero-order valence-electron chi connectivity index (χ0n) is 12.9. The van der Waals surface area contributed by atoms with Gasteiger partial charge in [0.05, 0.1) is 16.1 Å². The zero-order chi connectivity index (χ0) is 19.0. The van der Waals surface area contributed by atoms with Crippen molar-refractivity contribution in [3.05, 3.63) is 69.3 Å². The molecule has 0 unspecified atom stereocenters. The molecular formula is C16H9F2N3O5. The van der Waals surface area contributed by atoms with E-state index in [0.29, 0.717) is 4.90 Å². The second-order valence-corrected chi connectivity index (χ2v) is 5.33. The van der Waals surface area contributed by atoms with Crippen molar-refractivity contribution in [2.75, 3.05) is 11.9 Å². The van der Waals surface area contributed by atoms with Gasteiger partial charge in [-0.3, -0.25) is 29.4 Å². The average Bonchev–Trinajstić information content (AvgIpc) is 2.83. The first-order chi connectivity index (χ1) is 12.3. The maximum atomic E-state index is 13.5. The predicted octanol–water partition coefficient (Wildman–Crippen LogP) is 2.11. The fourth-order valence-corrected chi connectivity index (χ4v) is 2.48. The Balaban J connectivity index is 1.80. The molecule has 8 nitrogen and oxygen atoms in total. The lowest BCUT2D eigenvalue weighted by Gasteiger charge is -2.14. The Kier molecular flexibility index (Phi) is 4.16. The first-order valence-electron chi connectivity index (χ1n) is 7.18. The first kappa shape index (κ1) is 17.1. The highest BCUT2D eigenvalue weighted by molar-refractivity contribution is 6.23. The van der Waals surface area contributed by atoms with E-state index in [1.54, 1.807) is 0 Å². The Morgan fingerprint density at radius 1 is 1.08 bits per heavy atom. The monoisotopic (exact) mass is 361 g/mol. The SMILES string of the molecule is O=C(CN1C(=O)c2ccc([N+](=O)[O-])cc2C1=O)Nc1c(F)cccc1F. The van der Waals surface area contributed by atoms with Crippen molar-refractivity contribution in [3.63, 3.8) is 0 Å². The lowest BCUT2D eigenvalue weighted by Crippen LogP contribution is -2.37. The second kappa shape index (κ2) is 6.31. The minimum Gasteiger partial charge on any atom is -0.320 e. The van der Waals surface area contributed by atoms with Gasteiger partial charge in [-0.25, -0.2) is 8.78 Å². The number of hydrogen-bond acceptors (Lipinski definition) is 5. The number of carbonyl (C=O) groups is 3. The molecule has 0 saturated heterocycles. The van der Waals surface area contributed by atoms with Crippen LogP contribution in [0.1, 0.15) is 20.7 Å². The van der Waals surface area contributed by atoms with Crippen LogP contribution in [-0.4, -0.2) is 34.1 Å². The number of nitro benzene ring substituents is 1. The lowest BCUT2D eigenvalue weighted by atomic mass is 10.1. The predicted molar refractivity (Wildman–Crippen MR) is 83.5 cm³/mol. The third kappa shape index (κ3) is 2.88. The Bertz CT molecular complexity index is 956. The van der Waals surface area contributed by atoms with E-state index in [1.807, 2.05) is 5.32 Å². The van der Waals surface area contributed by atoms with Crippen molar-refractivity contribution < 1.29 is 28.1 Å². The van der Waals surface area contributed by atoms with Crippen LogP contribution in [0.4, 0.5) is 20.2 Å². The number of nitrogens with one attached hydrogen (secondary N) is 1. The summed E-state index contributed by atoms with van der Waals surface area (Å²) in [6.07, 6.45) is 0. The van der Waals surface area contributed by atoms with Crippen LogP contribution in [0.25, 0.3) is 0 Å². The molecule has 3 rings (SSSR count). The maximum Gasteiger partial charge on any atom is 0.270 e. The standard InChI is InChI=1S/C16H9F2N3O5/c17-11-2-1-3-12(18)14(11)19-13(22)7-20-15(23)9-5-4-8(21(25)26)6-10(9)16(20)24/h1-6H,7H2,(H,19,22). The van der Waals surface area contributed by atoms with Crippen LogP contribution in [-0.2, 0) is 4.79 Å². The van der Waals surface area contributed by atoms with E-state index in [-0.39, 0.29) is 16.8 Å². The van der Waals surface area contributed by atoms with E-state index >= 15 is 0 Å². The van der Waals surface area contributed by atoms with Crippen molar-refractivity contribution >= 4 is 29.1 Å². The van der Waals surface area contributed by atoms with Crippen LogP contribution in [0, 0.1) is 21.7 Å². The summed E-state index contributed by atoms with van der Waals surface area (Å²) in [7, 11) is 0. The molecule has 0 aliphatic carbocycles. The quantitative estimate of drug-likeness (QED) is 0.509. The van der Waals surface area contributed by atoms with Gasteiger partial charge in [-0.05, 0) is 18.2 Å². The minimum atomic E-state index is -1.02. The number of carbonyl (C=O) groups excluding carboxylic acids is 3. The number of fused-ring (bicyclic) bond motifs is 1. The molecule has 10 heteroatoms. The minimum absolute atomic E-state index is 0.0922. The van der Waals surface area contributed by atoms with Crippen LogP contribution < -0.4 is 5.32 Å². The number of anilines is 1. The van der Waals surface area contributed by atoms with Gasteiger partial charge in [-0.15, -0.1) is 0 Å². The fourth-order valence-electron chi connectivity index (χ4n) is 2.48. The highest BCUT2D eigenvalue weighted by Crippen LogP contribution is 2.27. The molecule has 26 heavy (non-hydrogen) atoms. The van der Waals surface area contributed by atoms with Crippen molar-refractivity contribution in [2.24, 2.45) is 0 Å². The molecule has 1 aliphatic heterocycles. The van der Waals surface area contributed by atoms with Crippen LogP contribution in [0.2, 0.25) is 0 Å². The van der Waals surface area contributed by atoms with Gasteiger partial charge in [0.2, 0.25) is 5.91 Å². The molecule has 0 atom stereocenters. The summed E-state index contributed by atoms with van der Waals surface area (Å²) in [5.74, 6) is -4.77. The molecule has 0 bridgehead atoms. The molecule has 1 aliphatic rings. The molecule has 0 radical (unpaired) electrons. The first-order valence-corrected chi connectivity index (χ1v) is 7.18. The Morgan fingerprint density at radius 3 is 2.31 bits per heavy atom. The molecule has 132 valence electrons. The van der Waals surface area contributed by atoms with E-state index in [0.717, 1.165) is 36.4 Å². The van der Waals surface area contributed by atoms with E-state index in [2.05, 4.69) is 0 Å². The summed E-state index contributed by atoms with van der Waals surface area (Å²) in [5, 5.41) is 12.7. The second-order valence-electron chi connectivity index (χ2n) is 5.33. The van der Waals surface area contributed by atoms with Crippen molar-refractivity contribution in [1.82, 2.24) is 4.90 Å². The largest absolute Gasteiger partial charge is 0.320 e. The molecule has 0 fully saturated rings. The average molecular weight is 361 g/mol. The number of halogens is 2. The van der Waals surface area contributed by atoms with Gasteiger partial charge in [0.25, 0.3) is 17.5 Å². The molecule has 2 aromatic rings. The van der Waals surface area contributed by atoms with Gasteiger partial charge < -0.3 is 5.32 Å². The van der Waals surface area contributed by atoms with E-state index in [9.17, 15) is 33.3 Å².